The number of anilines is 3. The molecule has 144 valence electrons. The molecule has 0 radical (unpaired) electrons. The van der Waals surface area contributed by atoms with Crippen molar-refractivity contribution in [3.8, 4) is 5.75 Å². The monoisotopic (exact) mass is 385 g/mol. The molecule has 0 saturated carbocycles. The van der Waals surface area contributed by atoms with Crippen LogP contribution in [0.5, 0.6) is 5.75 Å². The van der Waals surface area contributed by atoms with E-state index in [1.807, 2.05) is 61.5 Å². The molecule has 0 aliphatic carbocycles. The number of carbonyl (C=O) groups excluding carboxylic acids is 1. The fraction of sp³-hybridized carbons (Fsp3) is 0.0909. The summed E-state index contributed by atoms with van der Waals surface area (Å²) < 4.78 is 5.61. The fourth-order valence-electron chi connectivity index (χ4n) is 2.93. The summed E-state index contributed by atoms with van der Waals surface area (Å²) in [6, 6.07) is 18.6. The van der Waals surface area contributed by atoms with Gasteiger partial charge >= 0.3 is 0 Å². The van der Waals surface area contributed by atoms with Gasteiger partial charge in [-0.15, -0.1) is 0 Å². The van der Waals surface area contributed by atoms with Crippen LogP contribution in [-0.4, -0.2) is 27.5 Å². The van der Waals surface area contributed by atoms with E-state index in [-0.39, 0.29) is 11.6 Å². The molecule has 0 aliphatic heterocycles. The van der Waals surface area contributed by atoms with Crippen LogP contribution in [0.4, 0.5) is 17.2 Å². The summed E-state index contributed by atoms with van der Waals surface area (Å²) in [6.45, 7) is 2.47. The fourth-order valence-corrected chi connectivity index (χ4v) is 2.93. The molecule has 0 fully saturated rings. The van der Waals surface area contributed by atoms with Crippen molar-refractivity contribution >= 4 is 34.0 Å². The Hall–Kier alpha value is -4.00. The molecule has 7 nitrogen and oxygen atoms in total. The second-order valence-electron chi connectivity index (χ2n) is 6.18. The first kappa shape index (κ1) is 18.4. The standard InChI is InChI=1S/C22H19N5O2/c1-2-29-19-11-4-3-9-16(19)26-20-13-18(24-14-25-20)22(28)27-17-10-5-7-15-8-6-12-23-21(15)17/h3-14H,2H2,1H3,(H,27,28)(H,24,25,26). The van der Waals surface area contributed by atoms with Gasteiger partial charge in [0.15, 0.2) is 0 Å². The Balaban J connectivity index is 1.56. The minimum atomic E-state index is -0.341. The number of nitrogens with zero attached hydrogens (tertiary/aromatic N) is 3. The molecule has 0 saturated heterocycles. The van der Waals surface area contributed by atoms with Crippen LogP contribution >= 0.6 is 0 Å². The number of pyridine rings is 1. The number of hydrogen-bond acceptors (Lipinski definition) is 6. The number of hydrogen-bond donors (Lipinski definition) is 2. The second-order valence-corrected chi connectivity index (χ2v) is 6.18. The van der Waals surface area contributed by atoms with Crippen LogP contribution in [0.1, 0.15) is 17.4 Å². The number of carbonyl (C=O) groups is 1. The van der Waals surface area contributed by atoms with Gasteiger partial charge in [-0.3, -0.25) is 9.78 Å². The Morgan fingerprint density at radius 2 is 1.79 bits per heavy atom. The largest absolute Gasteiger partial charge is 0.492 e. The van der Waals surface area contributed by atoms with Gasteiger partial charge in [0.2, 0.25) is 0 Å². The van der Waals surface area contributed by atoms with Crippen molar-refractivity contribution in [1.29, 1.82) is 0 Å². The van der Waals surface area contributed by atoms with Gasteiger partial charge in [0, 0.05) is 17.6 Å². The van der Waals surface area contributed by atoms with Crippen molar-refractivity contribution in [3.63, 3.8) is 0 Å². The number of amides is 1. The zero-order valence-corrected chi connectivity index (χ0v) is 15.8. The molecule has 2 heterocycles. The zero-order chi connectivity index (χ0) is 20.1. The second kappa shape index (κ2) is 8.35. The molecule has 2 N–H and O–H groups in total. The summed E-state index contributed by atoms with van der Waals surface area (Å²) in [5, 5.41) is 7.00. The summed E-state index contributed by atoms with van der Waals surface area (Å²) in [5.41, 5.74) is 2.35. The van der Waals surface area contributed by atoms with E-state index in [1.165, 1.54) is 6.33 Å². The quantitative estimate of drug-likeness (QED) is 0.511. The number of para-hydroxylation sites is 3. The summed E-state index contributed by atoms with van der Waals surface area (Å²) in [6.07, 6.45) is 3.04. The van der Waals surface area contributed by atoms with Gasteiger partial charge in [-0.25, -0.2) is 9.97 Å². The maximum atomic E-state index is 12.8. The van der Waals surface area contributed by atoms with Gasteiger partial charge in [0.1, 0.15) is 23.6 Å². The molecular weight excluding hydrogens is 366 g/mol. The molecule has 2 aromatic heterocycles. The highest BCUT2D eigenvalue weighted by molar-refractivity contribution is 6.07. The van der Waals surface area contributed by atoms with Crippen molar-refractivity contribution in [1.82, 2.24) is 15.0 Å². The summed E-state index contributed by atoms with van der Waals surface area (Å²) in [7, 11) is 0. The first-order valence-corrected chi connectivity index (χ1v) is 9.20. The molecule has 1 amide bonds. The smallest absolute Gasteiger partial charge is 0.274 e. The van der Waals surface area contributed by atoms with E-state index >= 15 is 0 Å². The molecule has 2 aromatic carbocycles. The van der Waals surface area contributed by atoms with Crippen LogP contribution in [0, 0.1) is 0 Å². The molecule has 0 atom stereocenters. The first-order valence-electron chi connectivity index (χ1n) is 9.20. The molecule has 0 bridgehead atoms. The van der Waals surface area contributed by atoms with Crippen LogP contribution in [-0.2, 0) is 0 Å². The lowest BCUT2D eigenvalue weighted by molar-refractivity contribution is 0.102. The number of nitrogens with one attached hydrogen (secondary N) is 2. The highest BCUT2D eigenvalue weighted by Gasteiger charge is 2.12. The summed E-state index contributed by atoms with van der Waals surface area (Å²) in [4.78, 5) is 25.4. The number of fused-ring (bicyclic) bond motifs is 1. The van der Waals surface area contributed by atoms with Gasteiger partial charge in [-0.1, -0.05) is 30.3 Å². The topological polar surface area (TPSA) is 89.0 Å². The molecule has 0 spiro atoms. The normalized spacial score (nSPS) is 10.5. The third-order valence-electron chi connectivity index (χ3n) is 4.23. The Morgan fingerprint density at radius 1 is 0.966 bits per heavy atom. The van der Waals surface area contributed by atoms with E-state index in [4.69, 9.17) is 4.74 Å². The van der Waals surface area contributed by atoms with Crippen LogP contribution in [0.25, 0.3) is 10.9 Å². The van der Waals surface area contributed by atoms with Gasteiger partial charge in [0.05, 0.1) is 23.5 Å². The van der Waals surface area contributed by atoms with E-state index in [9.17, 15) is 4.79 Å². The van der Waals surface area contributed by atoms with E-state index < -0.39 is 0 Å². The number of rotatable bonds is 6. The van der Waals surface area contributed by atoms with Crippen molar-refractivity contribution in [2.75, 3.05) is 17.2 Å². The number of aromatic nitrogens is 3. The average molecular weight is 385 g/mol. The zero-order valence-electron chi connectivity index (χ0n) is 15.8. The molecule has 0 aliphatic rings. The van der Waals surface area contributed by atoms with Crippen molar-refractivity contribution in [2.45, 2.75) is 6.92 Å². The maximum absolute atomic E-state index is 12.8. The molecular formula is C22H19N5O2. The Labute approximate surface area is 167 Å². The van der Waals surface area contributed by atoms with Crippen molar-refractivity contribution < 1.29 is 9.53 Å². The van der Waals surface area contributed by atoms with Gasteiger partial charge in [-0.2, -0.15) is 0 Å². The predicted octanol–water partition coefficient (Wildman–Crippen LogP) is 4.42. The van der Waals surface area contributed by atoms with E-state index in [1.54, 1.807) is 12.3 Å². The summed E-state index contributed by atoms with van der Waals surface area (Å²) >= 11 is 0. The molecule has 4 rings (SSSR count). The molecule has 7 heteroatoms. The van der Waals surface area contributed by atoms with Gasteiger partial charge in [-0.05, 0) is 31.2 Å². The Kier molecular flexibility index (Phi) is 5.29. The Morgan fingerprint density at radius 3 is 2.69 bits per heavy atom. The lowest BCUT2D eigenvalue weighted by Gasteiger charge is -2.12. The van der Waals surface area contributed by atoms with E-state index in [0.29, 0.717) is 23.9 Å². The molecule has 0 unspecified atom stereocenters. The van der Waals surface area contributed by atoms with Gasteiger partial charge in [0.25, 0.3) is 5.91 Å². The predicted molar refractivity (Wildman–Crippen MR) is 113 cm³/mol. The van der Waals surface area contributed by atoms with Gasteiger partial charge < -0.3 is 15.4 Å². The van der Waals surface area contributed by atoms with Crippen LogP contribution in [0.2, 0.25) is 0 Å². The minimum Gasteiger partial charge on any atom is -0.492 e. The SMILES string of the molecule is CCOc1ccccc1Nc1cc(C(=O)Nc2cccc3cccnc23)ncn1. The molecule has 4 aromatic rings. The van der Waals surface area contributed by atoms with E-state index in [2.05, 4.69) is 25.6 Å². The van der Waals surface area contributed by atoms with Crippen LogP contribution in [0.3, 0.4) is 0 Å². The number of benzene rings is 2. The third-order valence-corrected chi connectivity index (χ3v) is 4.23. The summed E-state index contributed by atoms with van der Waals surface area (Å²) in [5.74, 6) is 0.862. The third kappa shape index (κ3) is 4.14. The van der Waals surface area contributed by atoms with Crippen LogP contribution < -0.4 is 15.4 Å². The van der Waals surface area contributed by atoms with Crippen molar-refractivity contribution in [2.24, 2.45) is 0 Å². The highest BCUT2D eigenvalue weighted by atomic mass is 16.5. The maximum Gasteiger partial charge on any atom is 0.274 e. The van der Waals surface area contributed by atoms with E-state index in [0.717, 1.165) is 16.6 Å². The first-order chi connectivity index (χ1) is 14.2. The highest BCUT2D eigenvalue weighted by Crippen LogP contribution is 2.27. The Bertz CT molecular complexity index is 1160. The average Bonchev–Trinajstić information content (AvgIpc) is 2.76. The van der Waals surface area contributed by atoms with Crippen molar-refractivity contribution in [3.05, 3.63) is 78.9 Å². The van der Waals surface area contributed by atoms with Crippen LogP contribution in [0.15, 0.2) is 73.2 Å². The lowest BCUT2D eigenvalue weighted by Crippen LogP contribution is -2.14. The minimum absolute atomic E-state index is 0.240. The lowest BCUT2D eigenvalue weighted by atomic mass is 10.2. The number of ether oxygens (including phenoxy) is 1. The molecule has 29 heavy (non-hydrogen) atoms.